The van der Waals surface area contributed by atoms with Gasteiger partial charge in [0.2, 0.25) is 0 Å². The Labute approximate surface area is 105 Å². The van der Waals surface area contributed by atoms with Gasteiger partial charge in [0.1, 0.15) is 5.82 Å². The molecule has 17 heavy (non-hydrogen) atoms. The lowest BCUT2D eigenvalue weighted by Gasteiger charge is -2.24. The third-order valence-corrected chi connectivity index (χ3v) is 4.10. The Morgan fingerprint density at radius 1 is 1.41 bits per heavy atom. The number of nitriles is 1. The van der Waals surface area contributed by atoms with Crippen LogP contribution in [0.25, 0.3) is 0 Å². The zero-order valence-electron chi connectivity index (χ0n) is 9.79. The molecule has 1 aromatic rings. The molecule has 1 aliphatic rings. The van der Waals surface area contributed by atoms with Crippen LogP contribution in [0.4, 0.5) is 10.1 Å². The van der Waals surface area contributed by atoms with E-state index < -0.39 is 0 Å². The summed E-state index contributed by atoms with van der Waals surface area (Å²) >= 11 is 1.96. The summed E-state index contributed by atoms with van der Waals surface area (Å²) in [5.74, 6) is 1.99. The summed E-state index contributed by atoms with van der Waals surface area (Å²) in [4.78, 5) is 0. The topological polar surface area (TPSA) is 35.8 Å². The van der Waals surface area contributed by atoms with Gasteiger partial charge in [-0.25, -0.2) is 4.39 Å². The molecule has 4 heteroatoms. The molecule has 0 aromatic heterocycles. The van der Waals surface area contributed by atoms with E-state index in [4.69, 9.17) is 5.26 Å². The van der Waals surface area contributed by atoms with Crippen LogP contribution in [0.15, 0.2) is 12.1 Å². The van der Waals surface area contributed by atoms with Gasteiger partial charge in [-0.05, 0) is 43.4 Å². The van der Waals surface area contributed by atoms with Crippen LogP contribution in [0.5, 0.6) is 0 Å². The highest BCUT2D eigenvalue weighted by Gasteiger charge is 2.15. The van der Waals surface area contributed by atoms with Crippen LogP contribution in [-0.2, 0) is 0 Å². The first-order valence-electron chi connectivity index (χ1n) is 5.75. The average molecular weight is 250 g/mol. The average Bonchev–Trinajstić information content (AvgIpc) is 2.36. The highest BCUT2D eigenvalue weighted by molar-refractivity contribution is 7.99. The molecule has 90 valence electrons. The van der Waals surface area contributed by atoms with Crippen molar-refractivity contribution in [1.82, 2.24) is 0 Å². The number of rotatable bonds is 2. The molecule has 1 saturated heterocycles. The van der Waals surface area contributed by atoms with Crippen LogP contribution in [0.1, 0.15) is 24.0 Å². The van der Waals surface area contributed by atoms with Gasteiger partial charge in [0, 0.05) is 17.3 Å². The third-order valence-electron chi connectivity index (χ3n) is 3.05. The maximum absolute atomic E-state index is 13.6. The number of halogens is 1. The summed E-state index contributed by atoms with van der Waals surface area (Å²) in [6, 6.07) is 5.42. The number of benzene rings is 1. The van der Waals surface area contributed by atoms with Crippen molar-refractivity contribution >= 4 is 17.4 Å². The van der Waals surface area contributed by atoms with E-state index in [0.29, 0.717) is 17.2 Å². The maximum atomic E-state index is 13.6. The minimum absolute atomic E-state index is 0.309. The van der Waals surface area contributed by atoms with Crippen LogP contribution < -0.4 is 5.32 Å². The molecule has 1 aromatic carbocycles. The quantitative estimate of drug-likeness (QED) is 0.874. The van der Waals surface area contributed by atoms with E-state index in [2.05, 4.69) is 5.32 Å². The number of hydrogen-bond acceptors (Lipinski definition) is 3. The van der Waals surface area contributed by atoms with Crippen molar-refractivity contribution in [2.75, 3.05) is 16.8 Å². The molecule has 0 bridgehead atoms. The van der Waals surface area contributed by atoms with Gasteiger partial charge in [0.25, 0.3) is 0 Å². The fourth-order valence-corrected chi connectivity index (χ4v) is 3.06. The molecule has 1 heterocycles. The predicted octanol–water partition coefficient (Wildman–Crippen LogP) is 3.31. The minimum Gasteiger partial charge on any atom is -0.382 e. The fraction of sp³-hybridized carbons (Fsp3) is 0.462. The molecule has 0 aliphatic carbocycles. The van der Waals surface area contributed by atoms with Crippen LogP contribution in [-0.4, -0.2) is 17.5 Å². The molecule has 1 aliphatic heterocycles. The van der Waals surface area contributed by atoms with Gasteiger partial charge in [-0.1, -0.05) is 0 Å². The lowest BCUT2D eigenvalue weighted by Crippen LogP contribution is -2.25. The van der Waals surface area contributed by atoms with E-state index in [1.54, 1.807) is 13.0 Å². The first-order chi connectivity index (χ1) is 8.20. The lowest BCUT2D eigenvalue weighted by molar-refractivity contribution is 0.615. The zero-order valence-corrected chi connectivity index (χ0v) is 10.6. The summed E-state index contributed by atoms with van der Waals surface area (Å²) < 4.78 is 13.6. The van der Waals surface area contributed by atoms with E-state index in [-0.39, 0.29) is 5.82 Å². The second kappa shape index (κ2) is 5.42. The molecular weight excluding hydrogens is 235 g/mol. The third kappa shape index (κ3) is 2.92. The highest BCUT2D eigenvalue weighted by Crippen LogP contribution is 2.25. The number of thioether (sulfide) groups is 1. The Hall–Kier alpha value is -1.21. The van der Waals surface area contributed by atoms with E-state index in [0.717, 1.165) is 30.0 Å². The lowest BCUT2D eigenvalue weighted by atomic mass is 10.1. The number of nitrogens with zero attached hydrogens (tertiary/aromatic N) is 1. The largest absolute Gasteiger partial charge is 0.382 e. The smallest absolute Gasteiger partial charge is 0.129 e. The van der Waals surface area contributed by atoms with Crippen LogP contribution in [0.3, 0.4) is 0 Å². The Morgan fingerprint density at radius 3 is 2.76 bits per heavy atom. The molecule has 0 atom stereocenters. The van der Waals surface area contributed by atoms with Crippen molar-refractivity contribution in [3.63, 3.8) is 0 Å². The molecule has 0 radical (unpaired) electrons. The van der Waals surface area contributed by atoms with Crippen molar-refractivity contribution in [1.29, 1.82) is 5.26 Å². The first kappa shape index (κ1) is 12.3. The maximum Gasteiger partial charge on any atom is 0.129 e. The second-order valence-electron chi connectivity index (χ2n) is 4.27. The summed E-state index contributed by atoms with van der Waals surface area (Å²) in [7, 11) is 0. The molecule has 2 rings (SSSR count). The zero-order chi connectivity index (χ0) is 12.3. The molecular formula is C13H15FN2S. The summed E-state index contributed by atoms with van der Waals surface area (Å²) in [5.41, 5.74) is 1.74. The van der Waals surface area contributed by atoms with Crippen LogP contribution in [0, 0.1) is 24.1 Å². The van der Waals surface area contributed by atoms with Crippen molar-refractivity contribution < 1.29 is 4.39 Å². The second-order valence-corrected chi connectivity index (χ2v) is 5.50. The van der Waals surface area contributed by atoms with Crippen LogP contribution >= 0.6 is 11.8 Å². The van der Waals surface area contributed by atoms with Gasteiger partial charge in [-0.3, -0.25) is 0 Å². The van der Waals surface area contributed by atoms with Gasteiger partial charge < -0.3 is 5.32 Å². The summed E-state index contributed by atoms with van der Waals surface area (Å²) in [5, 5.41) is 12.2. The number of anilines is 1. The molecule has 1 N–H and O–H groups in total. The normalized spacial score (nSPS) is 16.5. The Bertz CT molecular complexity index is 447. The van der Waals surface area contributed by atoms with E-state index in [9.17, 15) is 4.39 Å². The molecule has 1 fully saturated rings. The first-order valence-corrected chi connectivity index (χ1v) is 6.90. The van der Waals surface area contributed by atoms with Crippen molar-refractivity contribution in [2.24, 2.45) is 0 Å². The Morgan fingerprint density at radius 2 is 2.12 bits per heavy atom. The van der Waals surface area contributed by atoms with Crippen LogP contribution in [0.2, 0.25) is 0 Å². The van der Waals surface area contributed by atoms with Gasteiger partial charge >= 0.3 is 0 Å². The molecule has 0 amide bonds. The highest BCUT2D eigenvalue weighted by atomic mass is 32.2. The van der Waals surface area contributed by atoms with Gasteiger partial charge in [0.05, 0.1) is 11.6 Å². The Kier molecular flexibility index (Phi) is 3.90. The monoisotopic (exact) mass is 250 g/mol. The number of nitrogens with one attached hydrogen (secondary N) is 1. The fourth-order valence-electron chi connectivity index (χ4n) is 1.96. The van der Waals surface area contributed by atoms with Gasteiger partial charge in [0.15, 0.2) is 0 Å². The summed E-state index contributed by atoms with van der Waals surface area (Å²) in [6.45, 7) is 1.75. The minimum atomic E-state index is -0.309. The van der Waals surface area contributed by atoms with Gasteiger partial charge in [-0.2, -0.15) is 17.0 Å². The SMILES string of the molecule is Cc1c(F)cc(C#N)cc1NC1CCSCC1. The summed E-state index contributed by atoms with van der Waals surface area (Å²) in [6.07, 6.45) is 2.20. The molecule has 0 saturated carbocycles. The molecule has 2 nitrogen and oxygen atoms in total. The van der Waals surface area contributed by atoms with E-state index in [1.807, 2.05) is 17.8 Å². The molecule has 0 spiro atoms. The number of hydrogen-bond donors (Lipinski definition) is 1. The van der Waals surface area contributed by atoms with Crippen molar-refractivity contribution in [2.45, 2.75) is 25.8 Å². The van der Waals surface area contributed by atoms with E-state index >= 15 is 0 Å². The standard InChI is InChI=1S/C13H15FN2S/c1-9-12(14)6-10(8-15)7-13(9)16-11-2-4-17-5-3-11/h6-7,11,16H,2-5H2,1H3. The van der Waals surface area contributed by atoms with Crippen molar-refractivity contribution in [3.05, 3.63) is 29.1 Å². The molecule has 0 unspecified atom stereocenters. The van der Waals surface area contributed by atoms with Gasteiger partial charge in [-0.15, -0.1) is 0 Å². The predicted molar refractivity (Wildman–Crippen MR) is 69.8 cm³/mol. The van der Waals surface area contributed by atoms with Crippen molar-refractivity contribution in [3.8, 4) is 6.07 Å². The van der Waals surface area contributed by atoms with E-state index in [1.165, 1.54) is 6.07 Å². The Balaban J connectivity index is 2.19.